The summed E-state index contributed by atoms with van der Waals surface area (Å²) in [4.78, 5) is 25.6. The Kier molecular flexibility index (Phi) is 5.00. The summed E-state index contributed by atoms with van der Waals surface area (Å²) in [6.07, 6.45) is 1.10. The third-order valence-electron chi connectivity index (χ3n) is 3.25. The monoisotopic (exact) mass is 355 g/mol. The molecule has 3 rings (SSSR count). The van der Waals surface area contributed by atoms with Crippen LogP contribution in [0.25, 0.3) is 11.1 Å². The number of benzene rings is 2. The molecule has 0 aliphatic rings. The van der Waals surface area contributed by atoms with Crippen molar-refractivity contribution in [2.24, 2.45) is 0 Å². The van der Waals surface area contributed by atoms with Gasteiger partial charge in [-0.05, 0) is 34.6 Å². The number of thiazole rings is 1. The molecule has 0 radical (unpaired) electrons. The number of carbonyl (C=O) groups is 1. The van der Waals surface area contributed by atoms with Crippen LogP contribution in [0.15, 0.2) is 60.8 Å². The Morgan fingerprint density at radius 1 is 1.12 bits per heavy atom. The second-order valence-corrected chi connectivity index (χ2v) is 6.00. The first-order valence-corrected chi connectivity index (χ1v) is 8.12. The van der Waals surface area contributed by atoms with Crippen molar-refractivity contribution in [3.8, 4) is 16.9 Å². The molecule has 0 atom stereocenters. The Balaban J connectivity index is 1.54. The lowest BCUT2D eigenvalue weighted by Gasteiger charge is -2.07. The maximum atomic E-state index is 11.8. The fourth-order valence-electron chi connectivity index (χ4n) is 2.09. The molecule has 1 aromatic heterocycles. The van der Waals surface area contributed by atoms with Crippen LogP contribution in [0.4, 0.5) is 10.1 Å². The highest BCUT2D eigenvalue weighted by Crippen LogP contribution is 2.25. The van der Waals surface area contributed by atoms with Crippen molar-refractivity contribution in [3.05, 3.63) is 70.9 Å². The van der Waals surface area contributed by atoms with E-state index in [0.717, 1.165) is 28.7 Å². The molecule has 1 heterocycles. The van der Waals surface area contributed by atoms with Crippen molar-refractivity contribution in [1.29, 1.82) is 0 Å². The van der Waals surface area contributed by atoms with Gasteiger partial charge in [-0.2, -0.15) is 0 Å². The van der Waals surface area contributed by atoms with Gasteiger partial charge in [0.2, 0.25) is 0 Å². The topological polar surface area (TPSA) is 94.4 Å². The molecule has 0 saturated carbocycles. The molecule has 0 aliphatic heterocycles. The SMILES string of the molecule is O=C(COc1ccc(-c2ccccc2)cc1)Nc1ncc([N+](=O)[O-])s1. The van der Waals surface area contributed by atoms with Gasteiger partial charge in [0.1, 0.15) is 11.9 Å². The molecule has 0 fully saturated rings. The average molecular weight is 355 g/mol. The molecule has 8 heteroatoms. The summed E-state index contributed by atoms with van der Waals surface area (Å²) >= 11 is 0.793. The van der Waals surface area contributed by atoms with E-state index in [9.17, 15) is 14.9 Å². The van der Waals surface area contributed by atoms with Crippen LogP contribution in [-0.4, -0.2) is 22.4 Å². The molecule has 0 aliphatic carbocycles. The minimum atomic E-state index is -0.557. The zero-order valence-electron chi connectivity index (χ0n) is 12.9. The van der Waals surface area contributed by atoms with E-state index in [1.165, 1.54) is 0 Å². The van der Waals surface area contributed by atoms with Gasteiger partial charge in [-0.3, -0.25) is 20.2 Å². The highest BCUT2D eigenvalue weighted by molar-refractivity contribution is 7.18. The van der Waals surface area contributed by atoms with E-state index in [4.69, 9.17) is 4.74 Å². The van der Waals surface area contributed by atoms with E-state index >= 15 is 0 Å². The van der Waals surface area contributed by atoms with E-state index in [2.05, 4.69) is 10.3 Å². The van der Waals surface area contributed by atoms with Gasteiger partial charge in [0.05, 0.1) is 4.92 Å². The highest BCUT2D eigenvalue weighted by atomic mass is 32.1. The van der Waals surface area contributed by atoms with E-state index < -0.39 is 10.8 Å². The summed E-state index contributed by atoms with van der Waals surface area (Å²) in [5.74, 6) is 0.122. The number of aromatic nitrogens is 1. The Morgan fingerprint density at radius 3 is 2.44 bits per heavy atom. The van der Waals surface area contributed by atoms with Gasteiger partial charge in [-0.1, -0.05) is 42.5 Å². The maximum Gasteiger partial charge on any atom is 0.345 e. The second-order valence-electron chi connectivity index (χ2n) is 4.99. The molecule has 0 unspecified atom stereocenters. The maximum absolute atomic E-state index is 11.8. The number of rotatable bonds is 6. The number of anilines is 1. The average Bonchev–Trinajstić information content (AvgIpc) is 3.10. The lowest BCUT2D eigenvalue weighted by molar-refractivity contribution is -0.380. The first-order chi connectivity index (χ1) is 12.1. The Bertz CT molecular complexity index is 878. The van der Waals surface area contributed by atoms with Crippen LogP contribution >= 0.6 is 11.3 Å². The molecule has 0 saturated heterocycles. The van der Waals surface area contributed by atoms with Gasteiger partial charge in [0.25, 0.3) is 5.91 Å². The number of nitrogens with zero attached hydrogens (tertiary/aromatic N) is 2. The van der Waals surface area contributed by atoms with Gasteiger partial charge in [-0.25, -0.2) is 4.98 Å². The molecule has 2 aromatic carbocycles. The Labute approximate surface area is 147 Å². The minimum Gasteiger partial charge on any atom is -0.484 e. The predicted molar refractivity (Wildman–Crippen MR) is 94.8 cm³/mol. The lowest BCUT2D eigenvalue weighted by Crippen LogP contribution is -2.19. The van der Waals surface area contributed by atoms with Crippen molar-refractivity contribution in [1.82, 2.24) is 4.98 Å². The standard InChI is InChI=1S/C17H13N3O4S/c21-15(19-17-18-10-16(25-17)20(22)23)11-24-14-8-6-13(7-9-14)12-4-2-1-3-5-12/h1-10H,11H2,(H,18,19,21). The van der Waals surface area contributed by atoms with E-state index in [0.29, 0.717) is 5.75 Å². The molecule has 126 valence electrons. The van der Waals surface area contributed by atoms with Crippen LogP contribution in [0.1, 0.15) is 0 Å². The Hall–Kier alpha value is -3.26. The van der Waals surface area contributed by atoms with Crippen molar-refractivity contribution >= 4 is 27.4 Å². The van der Waals surface area contributed by atoms with Gasteiger partial charge in [0.15, 0.2) is 11.7 Å². The zero-order chi connectivity index (χ0) is 17.6. The Morgan fingerprint density at radius 2 is 1.80 bits per heavy atom. The summed E-state index contributed by atoms with van der Waals surface area (Å²) in [6.45, 7) is -0.210. The van der Waals surface area contributed by atoms with Crippen LogP contribution in [-0.2, 0) is 4.79 Å². The van der Waals surface area contributed by atoms with Gasteiger partial charge in [-0.15, -0.1) is 0 Å². The van der Waals surface area contributed by atoms with E-state index in [1.54, 1.807) is 12.1 Å². The smallest absolute Gasteiger partial charge is 0.345 e. The van der Waals surface area contributed by atoms with Crippen LogP contribution in [0.2, 0.25) is 0 Å². The molecule has 0 bridgehead atoms. The normalized spacial score (nSPS) is 10.2. The van der Waals surface area contributed by atoms with Crippen LogP contribution < -0.4 is 10.1 Å². The number of nitro groups is 1. The summed E-state index contributed by atoms with van der Waals surface area (Å²) in [6, 6.07) is 17.3. The number of amides is 1. The summed E-state index contributed by atoms with van der Waals surface area (Å²) in [5, 5.41) is 13.1. The fourth-order valence-corrected chi connectivity index (χ4v) is 2.73. The molecular formula is C17H13N3O4S. The number of nitrogens with one attached hydrogen (secondary N) is 1. The lowest BCUT2D eigenvalue weighted by atomic mass is 10.1. The zero-order valence-corrected chi connectivity index (χ0v) is 13.7. The third-order valence-corrected chi connectivity index (χ3v) is 4.12. The third kappa shape index (κ3) is 4.39. The summed E-state index contributed by atoms with van der Waals surface area (Å²) in [5.41, 5.74) is 2.14. The van der Waals surface area contributed by atoms with Gasteiger partial charge in [0, 0.05) is 0 Å². The van der Waals surface area contributed by atoms with Crippen molar-refractivity contribution in [2.45, 2.75) is 0 Å². The molecule has 3 aromatic rings. The number of carbonyl (C=O) groups excluding carboxylic acids is 1. The molecular weight excluding hydrogens is 342 g/mol. The largest absolute Gasteiger partial charge is 0.484 e. The quantitative estimate of drug-likeness (QED) is 0.537. The second kappa shape index (κ2) is 7.54. The number of hydrogen-bond donors (Lipinski definition) is 1. The number of ether oxygens (including phenoxy) is 1. The molecule has 0 spiro atoms. The fraction of sp³-hybridized carbons (Fsp3) is 0.0588. The molecule has 25 heavy (non-hydrogen) atoms. The number of hydrogen-bond acceptors (Lipinski definition) is 6. The van der Waals surface area contributed by atoms with Crippen LogP contribution in [0.3, 0.4) is 0 Å². The molecule has 1 N–H and O–H groups in total. The van der Waals surface area contributed by atoms with E-state index in [1.807, 2.05) is 42.5 Å². The molecule has 1 amide bonds. The predicted octanol–water partition coefficient (Wildman–Crippen LogP) is 3.74. The summed E-state index contributed by atoms with van der Waals surface area (Å²) < 4.78 is 5.42. The van der Waals surface area contributed by atoms with Gasteiger partial charge >= 0.3 is 5.00 Å². The van der Waals surface area contributed by atoms with Crippen molar-refractivity contribution in [3.63, 3.8) is 0 Å². The summed E-state index contributed by atoms with van der Waals surface area (Å²) in [7, 11) is 0. The minimum absolute atomic E-state index is 0.132. The molecule has 7 nitrogen and oxygen atoms in total. The van der Waals surface area contributed by atoms with Crippen molar-refractivity contribution < 1.29 is 14.5 Å². The van der Waals surface area contributed by atoms with Gasteiger partial charge < -0.3 is 4.74 Å². The van der Waals surface area contributed by atoms with E-state index in [-0.39, 0.29) is 16.7 Å². The van der Waals surface area contributed by atoms with Crippen LogP contribution in [0.5, 0.6) is 5.75 Å². The van der Waals surface area contributed by atoms with Crippen molar-refractivity contribution in [2.75, 3.05) is 11.9 Å². The highest BCUT2D eigenvalue weighted by Gasteiger charge is 2.13. The first-order valence-electron chi connectivity index (χ1n) is 7.30. The first kappa shape index (κ1) is 16.6. The van der Waals surface area contributed by atoms with Crippen LogP contribution in [0, 0.1) is 10.1 Å².